The predicted molar refractivity (Wildman–Crippen MR) is 177 cm³/mol. The SMILES string of the molecule is NCCCC[C@H](NC(=O)[C@H](Cc1cnc[nH]1)NC(=O)CN)C(=O)N1CCC[C@H]1C(=O)N[C@@H](Cc1ccccc1)C(=O)N1CCC[C@H]1C(=O)O.[Cu]. The Bertz CT molecular complexity index is 1450. The van der Waals surface area contributed by atoms with Gasteiger partial charge in [0.05, 0.1) is 12.9 Å². The minimum Gasteiger partial charge on any atom is -0.480 e. The average Bonchev–Trinajstić information content (AvgIpc) is 3.90. The number of nitrogens with one attached hydrogen (secondary N) is 4. The Morgan fingerprint density at radius 2 is 1.52 bits per heavy atom. The van der Waals surface area contributed by atoms with Crippen LogP contribution in [0.5, 0.6) is 0 Å². The van der Waals surface area contributed by atoms with E-state index in [1.165, 1.54) is 22.3 Å². The van der Waals surface area contributed by atoms with Gasteiger partial charge in [-0.25, -0.2) is 9.78 Å². The van der Waals surface area contributed by atoms with Crippen LogP contribution in [0, 0.1) is 0 Å². The molecule has 277 valence electrons. The van der Waals surface area contributed by atoms with Crippen molar-refractivity contribution in [3.8, 4) is 0 Å². The molecule has 0 aliphatic carbocycles. The zero-order chi connectivity index (χ0) is 35.3. The van der Waals surface area contributed by atoms with E-state index in [2.05, 4.69) is 25.9 Å². The van der Waals surface area contributed by atoms with Crippen LogP contribution in [0.15, 0.2) is 42.9 Å². The molecule has 3 heterocycles. The van der Waals surface area contributed by atoms with Gasteiger partial charge in [-0.15, -0.1) is 0 Å². The number of carbonyl (C=O) groups is 6. The van der Waals surface area contributed by atoms with Crippen molar-refractivity contribution in [1.82, 2.24) is 35.7 Å². The van der Waals surface area contributed by atoms with Gasteiger partial charge in [0.2, 0.25) is 29.5 Å². The molecule has 1 aromatic carbocycles. The van der Waals surface area contributed by atoms with Crippen LogP contribution in [0.3, 0.4) is 0 Å². The fourth-order valence-corrected chi connectivity index (χ4v) is 6.41. The third-order valence-corrected chi connectivity index (χ3v) is 8.93. The molecule has 16 nitrogen and oxygen atoms in total. The van der Waals surface area contributed by atoms with Crippen LogP contribution in [-0.2, 0) is 58.7 Å². The van der Waals surface area contributed by atoms with Gasteiger partial charge in [0, 0.05) is 54.9 Å². The first-order valence-corrected chi connectivity index (χ1v) is 16.8. The second-order valence-corrected chi connectivity index (χ2v) is 12.4. The average molecular weight is 745 g/mol. The number of amides is 5. The maximum Gasteiger partial charge on any atom is 0.326 e. The van der Waals surface area contributed by atoms with Gasteiger partial charge in [0.1, 0.15) is 30.2 Å². The summed E-state index contributed by atoms with van der Waals surface area (Å²) in [6.45, 7) is 0.572. The molecule has 2 saturated heterocycles. The number of carboxylic acid groups (broad SMARTS) is 1. The van der Waals surface area contributed by atoms with Gasteiger partial charge in [-0.05, 0) is 57.1 Å². The fraction of sp³-hybridized carbons (Fsp3) is 0.545. The number of H-pyrrole nitrogens is 1. The summed E-state index contributed by atoms with van der Waals surface area (Å²) in [4.78, 5) is 88.9. The van der Waals surface area contributed by atoms with Crippen molar-refractivity contribution in [2.45, 2.75) is 88.0 Å². The quantitative estimate of drug-likeness (QED) is 0.0754. The Kier molecular flexibility index (Phi) is 15.9. The molecule has 17 heteroatoms. The summed E-state index contributed by atoms with van der Waals surface area (Å²) in [5.74, 6) is -3.75. The van der Waals surface area contributed by atoms with E-state index >= 15 is 0 Å². The second kappa shape index (κ2) is 19.8. The standard InChI is InChI=1S/C33H47N9O7.Cu/c34-13-5-4-10-23(39-29(44)24(38-28(43)18-35)17-22-19-36-20-37-22)31(46)41-14-6-11-26(41)30(45)40-25(16-21-8-2-1-3-9-21)32(47)42-15-7-12-27(42)33(48)49;/h1-3,8-9,19-20,23-27H,4-7,10-18,34-35H2,(H,36,37)(H,38,43)(H,39,44)(H,40,45)(H,48,49);/t23-,24-,25-,26-,27-;/m0./s1. The number of nitrogens with two attached hydrogens (primary N) is 2. The minimum atomic E-state index is -1.10. The molecule has 4 rings (SSSR count). The van der Waals surface area contributed by atoms with Crippen LogP contribution in [0.4, 0.5) is 0 Å². The summed E-state index contributed by atoms with van der Waals surface area (Å²) in [5, 5.41) is 17.9. The van der Waals surface area contributed by atoms with Gasteiger partial charge in [-0.1, -0.05) is 30.3 Å². The molecule has 0 bridgehead atoms. The first-order chi connectivity index (χ1) is 23.6. The monoisotopic (exact) mass is 744 g/mol. The summed E-state index contributed by atoms with van der Waals surface area (Å²) in [5.41, 5.74) is 12.5. The normalized spacial score (nSPS) is 18.8. The largest absolute Gasteiger partial charge is 0.480 e. The van der Waals surface area contributed by atoms with Gasteiger partial charge < -0.3 is 47.3 Å². The molecule has 9 N–H and O–H groups in total. The van der Waals surface area contributed by atoms with Crippen LogP contribution in [-0.4, -0.2) is 117 Å². The molecule has 50 heavy (non-hydrogen) atoms. The third kappa shape index (κ3) is 10.8. The summed E-state index contributed by atoms with van der Waals surface area (Å²) in [6, 6.07) is 4.08. The maximum atomic E-state index is 14.1. The molecule has 2 aliphatic rings. The molecule has 5 amide bonds. The van der Waals surface area contributed by atoms with Gasteiger partial charge >= 0.3 is 5.97 Å². The second-order valence-electron chi connectivity index (χ2n) is 12.4. The summed E-state index contributed by atoms with van der Waals surface area (Å²) in [7, 11) is 0. The molecular weight excluding hydrogens is 698 g/mol. The van der Waals surface area contributed by atoms with Crippen LogP contribution < -0.4 is 27.4 Å². The van der Waals surface area contributed by atoms with Gasteiger partial charge in [0.15, 0.2) is 0 Å². The predicted octanol–water partition coefficient (Wildman–Crippen LogP) is -1.20. The number of aromatic amines is 1. The summed E-state index contributed by atoms with van der Waals surface area (Å²) >= 11 is 0. The molecule has 1 aromatic heterocycles. The molecule has 0 spiro atoms. The first kappa shape index (κ1) is 40.1. The van der Waals surface area contributed by atoms with Crippen molar-refractivity contribution in [2.75, 3.05) is 26.2 Å². The Morgan fingerprint density at radius 3 is 2.14 bits per heavy atom. The molecule has 5 atom stereocenters. The van der Waals surface area contributed by atoms with E-state index in [0.29, 0.717) is 50.8 Å². The van der Waals surface area contributed by atoms with E-state index in [1.54, 1.807) is 0 Å². The zero-order valence-electron chi connectivity index (χ0n) is 27.8. The number of carbonyl (C=O) groups excluding carboxylic acids is 5. The van der Waals surface area contributed by atoms with Crippen molar-refractivity contribution >= 4 is 35.5 Å². The van der Waals surface area contributed by atoms with E-state index in [9.17, 15) is 33.9 Å². The van der Waals surface area contributed by atoms with Crippen LogP contribution in [0.2, 0.25) is 0 Å². The van der Waals surface area contributed by atoms with E-state index < -0.39 is 65.7 Å². The number of likely N-dealkylation sites (tertiary alicyclic amines) is 2. The fourth-order valence-electron chi connectivity index (χ4n) is 6.41. The molecule has 2 aliphatic heterocycles. The number of benzene rings is 1. The van der Waals surface area contributed by atoms with Crippen molar-refractivity contribution in [3.63, 3.8) is 0 Å². The summed E-state index contributed by atoms with van der Waals surface area (Å²) < 4.78 is 0. The van der Waals surface area contributed by atoms with Crippen molar-refractivity contribution < 1.29 is 50.9 Å². The molecule has 2 fully saturated rings. The molecular formula is C33H47CuN9O7. The van der Waals surface area contributed by atoms with Crippen molar-refractivity contribution in [1.29, 1.82) is 0 Å². The van der Waals surface area contributed by atoms with Gasteiger partial charge in [-0.2, -0.15) is 0 Å². The van der Waals surface area contributed by atoms with E-state index in [4.69, 9.17) is 11.5 Å². The number of aliphatic carboxylic acids is 1. The van der Waals surface area contributed by atoms with Crippen molar-refractivity contribution in [2.24, 2.45) is 11.5 Å². The number of imidazole rings is 1. The van der Waals surface area contributed by atoms with Crippen LogP contribution >= 0.6 is 0 Å². The minimum absolute atomic E-state index is 0. The molecule has 0 saturated carbocycles. The third-order valence-electron chi connectivity index (χ3n) is 8.93. The van der Waals surface area contributed by atoms with Gasteiger partial charge in [-0.3, -0.25) is 24.0 Å². The molecule has 2 aromatic rings. The Hall–Kier alpha value is -4.31. The number of aromatic nitrogens is 2. The first-order valence-electron chi connectivity index (χ1n) is 16.8. The number of rotatable bonds is 17. The Morgan fingerprint density at radius 1 is 0.860 bits per heavy atom. The number of carboxylic acids is 1. The zero-order valence-corrected chi connectivity index (χ0v) is 28.8. The van der Waals surface area contributed by atoms with E-state index in [0.717, 1.165) is 5.56 Å². The van der Waals surface area contributed by atoms with Crippen molar-refractivity contribution in [3.05, 3.63) is 54.1 Å². The number of nitrogens with zero attached hydrogens (tertiary/aromatic N) is 3. The molecule has 0 unspecified atom stereocenters. The van der Waals surface area contributed by atoms with Crippen LogP contribution in [0.25, 0.3) is 0 Å². The summed E-state index contributed by atoms with van der Waals surface area (Å²) in [6.07, 6.45) is 6.27. The number of unbranched alkanes of at least 4 members (excludes halogenated alkanes) is 1. The van der Waals surface area contributed by atoms with E-state index in [-0.39, 0.29) is 56.0 Å². The van der Waals surface area contributed by atoms with E-state index in [1.807, 2.05) is 30.3 Å². The van der Waals surface area contributed by atoms with Gasteiger partial charge in [0.25, 0.3) is 0 Å². The Balaban J connectivity index is 0.00000676. The Labute approximate surface area is 301 Å². The van der Waals surface area contributed by atoms with Crippen LogP contribution in [0.1, 0.15) is 56.2 Å². The smallest absolute Gasteiger partial charge is 0.326 e. The topological polar surface area (TPSA) is 246 Å². The number of hydrogen-bond donors (Lipinski definition) is 7. The number of hydrogen-bond acceptors (Lipinski definition) is 9. The maximum absolute atomic E-state index is 14.1. The molecule has 1 radical (unpaired) electrons.